The molecule has 30 heavy (non-hydrogen) atoms. The topological polar surface area (TPSA) is 77.1 Å². The van der Waals surface area contributed by atoms with Crippen LogP contribution >= 0.6 is 11.6 Å². The minimum absolute atomic E-state index is 0.0558. The number of piperidine rings is 1. The molecule has 168 valence electrons. The van der Waals surface area contributed by atoms with E-state index in [-0.39, 0.29) is 18.1 Å². The zero-order valence-corrected chi connectivity index (χ0v) is 19.0. The van der Waals surface area contributed by atoms with Gasteiger partial charge in [-0.15, -0.1) is 0 Å². The molecule has 0 radical (unpaired) electrons. The van der Waals surface area contributed by atoms with Gasteiger partial charge in [0.1, 0.15) is 11.4 Å². The average Bonchev–Trinajstić information content (AvgIpc) is 2.69. The molecule has 1 fully saturated rings. The predicted octanol–water partition coefficient (Wildman–Crippen LogP) is 4.03. The summed E-state index contributed by atoms with van der Waals surface area (Å²) in [6, 6.07) is 7.02. The Morgan fingerprint density at radius 1 is 1.23 bits per heavy atom. The second-order valence-corrected chi connectivity index (χ2v) is 8.85. The van der Waals surface area contributed by atoms with Gasteiger partial charge < -0.3 is 24.4 Å². The number of methoxy groups -OCH3 is 1. The molecule has 1 aromatic rings. The quantitative estimate of drug-likeness (QED) is 0.617. The number of hydrogen-bond acceptors (Lipinski definition) is 5. The highest BCUT2D eigenvalue weighted by molar-refractivity contribution is 6.30. The van der Waals surface area contributed by atoms with E-state index >= 15 is 0 Å². The first-order valence-corrected chi connectivity index (χ1v) is 10.7. The normalized spacial score (nSPS) is 19.3. The van der Waals surface area contributed by atoms with Crippen LogP contribution in [0.25, 0.3) is 0 Å². The average molecular weight is 441 g/mol. The van der Waals surface area contributed by atoms with Crippen molar-refractivity contribution < 1.29 is 23.8 Å². The highest BCUT2D eigenvalue weighted by Crippen LogP contribution is 2.21. The largest absolute Gasteiger partial charge is 0.494 e. The number of alkyl carbamates (subject to hydrolysis) is 1. The third-order valence-corrected chi connectivity index (χ3v) is 5.07. The van der Waals surface area contributed by atoms with Crippen molar-refractivity contribution in [3.05, 3.63) is 29.3 Å². The Hall–Kier alpha value is -1.99. The maximum Gasteiger partial charge on any atom is 0.407 e. The van der Waals surface area contributed by atoms with Gasteiger partial charge in [0.25, 0.3) is 0 Å². The third kappa shape index (κ3) is 8.40. The van der Waals surface area contributed by atoms with Gasteiger partial charge in [-0.1, -0.05) is 11.6 Å². The molecular weight excluding hydrogens is 408 g/mol. The minimum atomic E-state index is -0.564. The fraction of sp³-hybridized carbons (Fsp3) is 0.636. The van der Waals surface area contributed by atoms with Crippen molar-refractivity contribution in [3.8, 4) is 5.75 Å². The molecule has 0 saturated carbocycles. The Balaban J connectivity index is 1.82. The van der Waals surface area contributed by atoms with Crippen LogP contribution < -0.4 is 10.1 Å². The summed E-state index contributed by atoms with van der Waals surface area (Å²) in [6.07, 6.45) is 2.05. The Bertz CT molecular complexity index is 690. The monoisotopic (exact) mass is 440 g/mol. The second-order valence-electron chi connectivity index (χ2n) is 8.41. The van der Waals surface area contributed by atoms with Crippen molar-refractivity contribution in [2.75, 3.05) is 26.8 Å². The van der Waals surface area contributed by atoms with E-state index in [2.05, 4.69) is 5.32 Å². The van der Waals surface area contributed by atoms with E-state index in [0.29, 0.717) is 44.0 Å². The lowest BCUT2D eigenvalue weighted by atomic mass is 9.98. The molecule has 2 atom stereocenters. The van der Waals surface area contributed by atoms with Gasteiger partial charge in [0.15, 0.2) is 0 Å². The lowest BCUT2D eigenvalue weighted by Gasteiger charge is -2.39. The first-order valence-electron chi connectivity index (χ1n) is 10.4. The fourth-order valence-electron chi connectivity index (χ4n) is 3.35. The molecule has 1 N–H and O–H groups in total. The zero-order valence-electron chi connectivity index (χ0n) is 18.3. The highest BCUT2D eigenvalue weighted by atomic mass is 35.5. The first kappa shape index (κ1) is 24.3. The van der Waals surface area contributed by atoms with Gasteiger partial charge in [-0.05, 0) is 64.3 Å². The molecule has 1 heterocycles. The Kier molecular flexibility index (Phi) is 9.24. The van der Waals surface area contributed by atoms with Crippen LogP contribution in [-0.4, -0.2) is 61.5 Å². The van der Waals surface area contributed by atoms with Crippen molar-refractivity contribution in [1.29, 1.82) is 0 Å². The van der Waals surface area contributed by atoms with Crippen LogP contribution in [0.2, 0.25) is 5.02 Å². The van der Waals surface area contributed by atoms with Gasteiger partial charge in [0.05, 0.1) is 18.8 Å². The predicted molar refractivity (Wildman–Crippen MR) is 116 cm³/mol. The van der Waals surface area contributed by atoms with Crippen LogP contribution in [0, 0.1) is 0 Å². The summed E-state index contributed by atoms with van der Waals surface area (Å²) in [5, 5.41) is 3.44. The van der Waals surface area contributed by atoms with Crippen LogP contribution in [0.1, 0.15) is 46.5 Å². The zero-order chi connectivity index (χ0) is 22.1. The number of hydrogen-bond donors (Lipinski definition) is 1. The van der Waals surface area contributed by atoms with Gasteiger partial charge in [-0.2, -0.15) is 0 Å². The molecule has 2 rings (SSSR count). The molecule has 1 aromatic carbocycles. The van der Waals surface area contributed by atoms with Crippen molar-refractivity contribution in [2.24, 2.45) is 0 Å². The summed E-state index contributed by atoms with van der Waals surface area (Å²) in [6.45, 7) is 6.84. The molecule has 2 amide bonds. The summed E-state index contributed by atoms with van der Waals surface area (Å²) in [4.78, 5) is 26.6. The van der Waals surface area contributed by atoms with Crippen LogP contribution in [0.3, 0.4) is 0 Å². The Morgan fingerprint density at radius 2 is 1.93 bits per heavy atom. The molecule has 0 aliphatic carbocycles. The summed E-state index contributed by atoms with van der Waals surface area (Å²) in [5.74, 6) is 0.785. The minimum Gasteiger partial charge on any atom is -0.494 e. The molecule has 0 aromatic heterocycles. The summed E-state index contributed by atoms with van der Waals surface area (Å²) < 4.78 is 16.4. The molecule has 7 nitrogen and oxygen atoms in total. The van der Waals surface area contributed by atoms with E-state index in [1.54, 1.807) is 31.4 Å². The number of carbonyl (C=O) groups is 2. The number of rotatable bonds is 8. The Labute approximate surface area is 184 Å². The number of carbonyl (C=O) groups excluding carboxylic acids is 2. The Morgan fingerprint density at radius 3 is 2.57 bits per heavy atom. The lowest BCUT2D eigenvalue weighted by Crippen LogP contribution is -2.53. The van der Waals surface area contributed by atoms with Gasteiger partial charge in [-0.25, -0.2) is 4.79 Å². The van der Waals surface area contributed by atoms with Crippen LogP contribution in [0.15, 0.2) is 24.3 Å². The standard InChI is InChI=1S/C22H33ClN2O5/c1-22(2,3)30-21(27)24-15-17-14-19(28-4)11-12-25(17)20(26)6-5-13-29-18-9-7-16(23)8-10-18/h7-10,17,19H,5-6,11-15H2,1-4H3,(H,24,27)/t17-,19-/m1/s1. The SMILES string of the molecule is CO[C@@H]1CCN(C(=O)CCCOc2ccc(Cl)cc2)[C@@H](CNC(=O)OC(C)(C)C)C1. The molecule has 1 aliphatic heterocycles. The van der Waals surface area contributed by atoms with E-state index < -0.39 is 11.7 Å². The summed E-state index contributed by atoms with van der Waals surface area (Å²) >= 11 is 5.86. The van der Waals surface area contributed by atoms with Gasteiger partial charge >= 0.3 is 6.09 Å². The number of nitrogens with one attached hydrogen (secondary N) is 1. The van der Waals surface area contributed by atoms with E-state index in [1.165, 1.54) is 0 Å². The molecule has 0 unspecified atom stereocenters. The molecular formula is C22H33ClN2O5. The van der Waals surface area contributed by atoms with E-state index in [1.807, 2.05) is 25.7 Å². The molecule has 1 saturated heterocycles. The molecule has 1 aliphatic rings. The number of amides is 2. The third-order valence-electron chi connectivity index (χ3n) is 4.82. The summed E-state index contributed by atoms with van der Waals surface area (Å²) in [5.41, 5.74) is -0.564. The molecule has 0 bridgehead atoms. The lowest BCUT2D eigenvalue weighted by molar-refractivity contribution is -0.137. The second kappa shape index (κ2) is 11.4. The van der Waals surface area contributed by atoms with E-state index in [9.17, 15) is 9.59 Å². The number of nitrogens with zero attached hydrogens (tertiary/aromatic N) is 1. The van der Waals surface area contributed by atoms with Crippen molar-refractivity contribution >= 4 is 23.6 Å². The van der Waals surface area contributed by atoms with Gasteiger partial charge in [0, 0.05) is 31.6 Å². The van der Waals surface area contributed by atoms with Gasteiger partial charge in [0.2, 0.25) is 5.91 Å². The number of likely N-dealkylation sites (tertiary alicyclic amines) is 1. The number of ether oxygens (including phenoxy) is 3. The maximum absolute atomic E-state index is 12.8. The molecule has 8 heteroatoms. The summed E-state index contributed by atoms with van der Waals surface area (Å²) in [7, 11) is 1.68. The van der Waals surface area contributed by atoms with Gasteiger partial charge in [-0.3, -0.25) is 4.79 Å². The number of halogens is 1. The fourth-order valence-corrected chi connectivity index (χ4v) is 3.48. The maximum atomic E-state index is 12.8. The van der Waals surface area contributed by atoms with Crippen LogP contribution in [-0.2, 0) is 14.3 Å². The van der Waals surface area contributed by atoms with E-state index in [4.69, 9.17) is 25.8 Å². The smallest absolute Gasteiger partial charge is 0.407 e. The van der Waals surface area contributed by atoms with Crippen molar-refractivity contribution in [3.63, 3.8) is 0 Å². The molecule has 0 spiro atoms. The van der Waals surface area contributed by atoms with Crippen LogP contribution in [0.5, 0.6) is 5.75 Å². The van der Waals surface area contributed by atoms with E-state index in [0.717, 1.165) is 12.2 Å². The number of benzene rings is 1. The van der Waals surface area contributed by atoms with Crippen LogP contribution in [0.4, 0.5) is 4.79 Å². The highest BCUT2D eigenvalue weighted by Gasteiger charge is 2.32. The van der Waals surface area contributed by atoms with Crippen molar-refractivity contribution in [2.45, 2.75) is 64.2 Å². The first-order chi connectivity index (χ1) is 14.2. The van der Waals surface area contributed by atoms with Crippen molar-refractivity contribution in [1.82, 2.24) is 10.2 Å².